The van der Waals surface area contributed by atoms with Crippen LogP contribution in [0.3, 0.4) is 0 Å². The van der Waals surface area contributed by atoms with E-state index >= 15 is 0 Å². The van der Waals surface area contributed by atoms with Gasteiger partial charge in [0.25, 0.3) is 0 Å². The van der Waals surface area contributed by atoms with Gasteiger partial charge < -0.3 is 5.11 Å². The zero-order valence-corrected chi connectivity index (χ0v) is 8.68. The number of aliphatic hydroxyl groups excluding tert-OH is 1. The fourth-order valence-electron chi connectivity index (χ4n) is 1.87. The number of benzene rings is 1. The second kappa shape index (κ2) is 3.07. The fraction of sp³-hybridized carbons (Fsp3) is 0.333. The van der Waals surface area contributed by atoms with Gasteiger partial charge in [-0.2, -0.15) is 0 Å². The van der Waals surface area contributed by atoms with E-state index in [1.165, 1.54) is 28.5 Å². The SMILES string of the molecule is OCc1cc2cc(C3CC3)ccc2s1. The Bertz CT molecular complexity index is 468. The number of hydrogen-bond acceptors (Lipinski definition) is 2. The van der Waals surface area contributed by atoms with Crippen LogP contribution in [0.4, 0.5) is 0 Å². The Kier molecular flexibility index (Phi) is 1.85. The molecule has 1 fully saturated rings. The predicted molar refractivity (Wildman–Crippen MR) is 59.7 cm³/mol. The van der Waals surface area contributed by atoms with Crippen molar-refractivity contribution in [2.75, 3.05) is 0 Å². The Morgan fingerprint density at radius 1 is 1.29 bits per heavy atom. The van der Waals surface area contributed by atoms with Crippen LogP contribution in [0, 0.1) is 0 Å². The zero-order valence-electron chi connectivity index (χ0n) is 7.86. The maximum atomic E-state index is 9.04. The standard InChI is InChI=1S/C12H12OS/c13-7-11-6-10-5-9(8-1-2-8)3-4-12(10)14-11/h3-6,8,13H,1-2,7H2. The highest BCUT2D eigenvalue weighted by Crippen LogP contribution is 2.41. The van der Waals surface area contributed by atoms with Crippen LogP contribution in [0.15, 0.2) is 24.3 Å². The van der Waals surface area contributed by atoms with Gasteiger partial charge in [0.2, 0.25) is 0 Å². The molecule has 1 N–H and O–H groups in total. The van der Waals surface area contributed by atoms with Gasteiger partial charge in [0.05, 0.1) is 6.61 Å². The molecule has 1 heterocycles. The van der Waals surface area contributed by atoms with Crippen LogP contribution in [0.5, 0.6) is 0 Å². The molecule has 14 heavy (non-hydrogen) atoms. The third-order valence-electron chi connectivity index (χ3n) is 2.80. The van der Waals surface area contributed by atoms with E-state index in [2.05, 4.69) is 24.3 Å². The van der Waals surface area contributed by atoms with E-state index in [1.54, 1.807) is 11.3 Å². The molecule has 1 aliphatic rings. The van der Waals surface area contributed by atoms with Gasteiger partial charge in [-0.05, 0) is 41.8 Å². The predicted octanol–water partition coefficient (Wildman–Crippen LogP) is 3.27. The molecule has 1 nitrogen and oxygen atoms in total. The van der Waals surface area contributed by atoms with Gasteiger partial charge in [-0.15, -0.1) is 11.3 Å². The number of thiophene rings is 1. The first-order chi connectivity index (χ1) is 6.86. The van der Waals surface area contributed by atoms with Crippen LogP contribution in [0.1, 0.15) is 29.2 Å². The van der Waals surface area contributed by atoms with Crippen molar-refractivity contribution >= 4 is 21.4 Å². The Balaban J connectivity index is 2.12. The van der Waals surface area contributed by atoms with Gasteiger partial charge in [0.15, 0.2) is 0 Å². The maximum Gasteiger partial charge on any atom is 0.0774 e. The van der Waals surface area contributed by atoms with E-state index in [0.717, 1.165) is 10.8 Å². The lowest BCUT2D eigenvalue weighted by molar-refractivity contribution is 0.285. The summed E-state index contributed by atoms with van der Waals surface area (Å²) in [5, 5.41) is 10.3. The van der Waals surface area contributed by atoms with E-state index in [0.29, 0.717) is 0 Å². The minimum Gasteiger partial charge on any atom is -0.391 e. The van der Waals surface area contributed by atoms with Crippen molar-refractivity contribution in [3.8, 4) is 0 Å². The van der Waals surface area contributed by atoms with Crippen molar-refractivity contribution in [2.45, 2.75) is 25.4 Å². The lowest BCUT2D eigenvalue weighted by Crippen LogP contribution is -1.76. The van der Waals surface area contributed by atoms with Gasteiger partial charge in [-0.25, -0.2) is 0 Å². The number of aliphatic hydroxyl groups is 1. The van der Waals surface area contributed by atoms with Crippen molar-refractivity contribution in [1.29, 1.82) is 0 Å². The lowest BCUT2D eigenvalue weighted by Gasteiger charge is -1.96. The van der Waals surface area contributed by atoms with Crippen molar-refractivity contribution < 1.29 is 5.11 Å². The molecule has 1 saturated carbocycles. The highest BCUT2D eigenvalue weighted by Gasteiger charge is 2.23. The normalized spacial score (nSPS) is 16.4. The molecule has 72 valence electrons. The van der Waals surface area contributed by atoms with E-state index < -0.39 is 0 Å². The molecule has 0 aliphatic heterocycles. The first-order valence-corrected chi connectivity index (χ1v) is 5.82. The van der Waals surface area contributed by atoms with Crippen molar-refractivity contribution in [3.63, 3.8) is 0 Å². The Labute approximate surface area is 87.0 Å². The van der Waals surface area contributed by atoms with Crippen LogP contribution < -0.4 is 0 Å². The van der Waals surface area contributed by atoms with Gasteiger partial charge >= 0.3 is 0 Å². The summed E-state index contributed by atoms with van der Waals surface area (Å²) in [6.45, 7) is 0.165. The first-order valence-electron chi connectivity index (χ1n) is 5.00. The minimum atomic E-state index is 0.165. The molecule has 0 unspecified atom stereocenters. The number of hydrogen-bond donors (Lipinski definition) is 1. The second-order valence-electron chi connectivity index (χ2n) is 3.94. The summed E-state index contributed by atoms with van der Waals surface area (Å²) in [7, 11) is 0. The van der Waals surface area contributed by atoms with E-state index in [9.17, 15) is 0 Å². The molecule has 1 aliphatic carbocycles. The average molecular weight is 204 g/mol. The molecule has 3 rings (SSSR count). The molecule has 0 bridgehead atoms. The van der Waals surface area contributed by atoms with E-state index in [1.807, 2.05) is 0 Å². The first kappa shape index (κ1) is 8.45. The molecule has 1 aromatic heterocycles. The van der Waals surface area contributed by atoms with Gasteiger partial charge in [-0.1, -0.05) is 12.1 Å². The highest BCUT2D eigenvalue weighted by molar-refractivity contribution is 7.19. The molecule has 2 heteroatoms. The molecule has 1 aromatic carbocycles. The molecule has 0 spiro atoms. The Morgan fingerprint density at radius 2 is 2.14 bits per heavy atom. The summed E-state index contributed by atoms with van der Waals surface area (Å²) in [5.74, 6) is 0.817. The summed E-state index contributed by atoms with van der Waals surface area (Å²) < 4.78 is 1.29. The number of rotatable bonds is 2. The Hall–Kier alpha value is -0.860. The molecule has 2 aromatic rings. The zero-order chi connectivity index (χ0) is 9.54. The van der Waals surface area contributed by atoms with Gasteiger partial charge in [0, 0.05) is 9.58 Å². The van der Waals surface area contributed by atoms with Crippen LogP contribution in [-0.4, -0.2) is 5.11 Å². The monoisotopic (exact) mass is 204 g/mol. The van der Waals surface area contributed by atoms with Crippen molar-refractivity contribution in [3.05, 3.63) is 34.7 Å². The molecule has 0 radical (unpaired) electrons. The summed E-state index contributed by atoms with van der Waals surface area (Å²) >= 11 is 1.69. The van der Waals surface area contributed by atoms with E-state index in [-0.39, 0.29) is 6.61 Å². The third kappa shape index (κ3) is 1.35. The topological polar surface area (TPSA) is 20.2 Å². The third-order valence-corrected chi connectivity index (χ3v) is 3.90. The van der Waals surface area contributed by atoms with Crippen LogP contribution >= 0.6 is 11.3 Å². The second-order valence-corrected chi connectivity index (χ2v) is 5.11. The quantitative estimate of drug-likeness (QED) is 0.796. The molecular formula is C12H12OS. The lowest BCUT2D eigenvalue weighted by atomic mass is 10.1. The molecule has 0 saturated heterocycles. The summed E-state index contributed by atoms with van der Waals surface area (Å²) in [6, 6.07) is 8.80. The smallest absolute Gasteiger partial charge is 0.0774 e. The molecular weight excluding hydrogens is 192 g/mol. The van der Waals surface area contributed by atoms with Crippen molar-refractivity contribution in [2.24, 2.45) is 0 Å². The van der Waals surface area contributed by atoms with Crippen LogP contribution in [0.2, 0.25) is 0 Å². The Morgan fingerprint density at radius 3 is 2.86 bits per heavy atom. The summed E-state index contributed by atoms with van der Waals surface area (Å²) in [5.41, 5.74) is 1.47. The minimum absolute atomic E-state index is 0.165. The average Bonchev–Trinajstić information content (AvgIpc) is 2.97. The largest absolute Gasteiger partial charge is 0.391 e. The molecule has 0 atom stereocenters. The summed E-state index contributed by atoms with van der Waals surface area (Å²) in [6.07, 6.45) is 2.70. The fourth-order valence-corrected chi connectivity index (χ4v) is 2.77. The number of fused-ring (bicyclic) bond motifs is 1. The summed E-state index contributed by atoms with van der Waals surface area (Å²) in [4.78, 5) is 1.06. The maximum absolute atomic E-state index is 9.04. The highest BCUT2D eigenvalue weighted by atomic mass is 32.1. The van der Waals surface area contributed by atoms with Crippen LogP contribution in [-0.2, 0) is 6.61 Å². The molecule has 0 amide bonds. The van der Waals surface area contributed by atoms with Crippen LogP contribution in [0.25, 0.3) is 10.1 Å². The van der Waals surface area contributed by atoms with Crippen molar-refractivity contribution in [1.82, 2.24) is 0 Å². The van der Waals surface area contributed by atoms with Gasteiger partial charge in [0.1, 0.15) is 0 Å². The van der Waals surface area contributed by atoms with E-state index in [4.69, 9.17) is 5.11 Å². The van der Waals surface area contributed by atoms with Gasteiger partial charge in [-0.3, -0.25) is 0 Å².